The third-order valence-corrected chi connectivity index (χ3v) is 11.7. The first-order valence-electron chi connectivity index (χ1n) is 16.2. The van der Waals surface area contributed by atoms with Crippen LogP contribution in [0.1, 0.15) is 74.1 Å². The van der Waals surface area contributed by atoms with Crippen LogP contribution in [0.15, 0.2) is 34.9 Å². The lowest BCUT2D eigenvalue weighted by molar-refractivity contribution is -0.0428. The monoisotopic (exact) mass is 731 g/mol. The van der Waals surface area contributed by atoms with Gasteiger partial charge in [0, 0.05) is 27.4 Å². The fourth-order valence-electron chi connectivity index (χ4n) is 6.05. The van der Waals surface area contributed by atoms with Crippen molar-refractivity contribution in [3.8, 4) is 22.2 Å². The molecule has 4 heterocycles. The van der Waals surface area contributed by atoms with E-state index in [1.807, 2.05) is 19.9 Å². The van der Waals surface area contributed by atoms with Crippen LogP contribution in [-0.4, -0.2) is 64.5 Å². The normalized spacial score (nSPS) is 24.3. The van der Waals surface area contributed by atoms with Gasteiger partial charge in [0.25, 0.3) is 11.1 Å². The molecule has 2 aliphatic carbocycles. The number of nitrogens with zero attached hydrogens (tertiary/aromatic N) is 2. The molecule has 2 aliphatic heterocycles. The van der Waals surface area contributed by atoms with Crippen molar-refractivity contribution < 1.29 is 33.0 Å². The first kappa shape index (κ1) is 32.6. The van der Waals surface area contributed by atoms with E-state index < -0.39 is 0 Å². The fourth-order valence-corrected chi connectivity index (χ4v) is 8.32. The number of thiazole rings is 1. The second-order valence-electron chi connectivity index (χ2n) is 13.3. The van der Waals surface area contributed by atoms with Crippen molar-refractivity contribution in [1.29, 1.82) is 0 Å². The van der Waals surface area contributed by atoms with Gasteiger partial charge in [0.15, 0.2) is 6.10 Å². The smallest absolute Gasteiger partial charge is 0.274 e. The van der Waals surface area contributed by atoms with Gasteiger partial charge in [-0.25, -0.2) is 0 Å². The van der Waals surface area contributed by atoms with Gasteiger partial charge >= 0.3 is 0 Å². The first-order chi connectivity index (χ1) is 23.2. The van der Waals surface area contributed by atoms with Gasteiger partial charge < -0.3 is 28.2 Å². The number of fused-ring (bicyclic) bond motifs is 2. The first-order valence-corrected chi connectivity index (χ1v) is 18.6. The van der Waals surface area contributed by atoms with Crippen LogP contribution in [0.5, 0.6) is 10.9 Å². The van der Waals surface area contributed by atoms with Crippen LogP contribution in [-0.2, 0) is 20.8 Å². The minimum atomic E-state index is -0.382. The summed E-state index contributed by atoms with van der Waals surface area (Å²) in [5, 5.41) is 5.83. The van der Waals surface area contributed by atoms with E-state index >= 15 is 0 Å². The van der Waals surface area contributed by atoms with Gasteiger partial charge in [-0.2, -0.15) is 4.98 Å². The maximum atomic E-state index is 13.0. The molecular formula is C34H35Cl2N3O7S2. The summed E-state index contributed by atoms with van der Waals surface area (Å²) >= 11 is 15.9. The average molecular weight is 733 g/mol. The molecule has 0 unspecified atom stereocenters. The van der Waals surface area contributed by atoms with Crippen molar-refractivity contribution in [2.24, 2.45) is 0 Å². The largest absolute Gasteiger partial charge is 0.489 e. The Morgan fingerprint density at radius 2 is 1.85 bits per heavy atom. The van der Waals surface area contributed by atoms with E-state index in [4.69, 9.17) is 56.4 Å². The van der Waals surface area contributed by atoms with Crippen molar-refractivity contribution in [2.75, 3.05) is 13.2 Å². The molecule has 4 aliphatic rings. The SMILES string of the molecule is CC(C)Oc1cc(C(=O)NSC2(C)CC2)cc2sc(O[C@@H]3CO[C@H]4[C@@H]3OC[C@H]4OCc3c(-c4c(Cl)cccc4Cl)noc3C3CC3)nc12. The van der Waals surface area contributed by atoms with Crippen LogP contribution in [0.4, 0.5) is 0 Å². The molecule has 1 amide bonds. The molecule has 0 bridgehead atoms. The molecule has 1 N–H and O–H groups in total. The molecule has 48 heavy (non-hydrogen) atoms. The molecule has 4 aromatic rings. The van der Waals surface area contributed by atoms with Gasteiger partial charge in [-0.3, -0.25) is 9.52 Å². The Morgan fingerprint density at radius 1 is 1.12 bits per heavy atom. The third-order valence-electron chi connectivity index (χ3n) is 9.03. The lowest BCUT2D eigenvalue weighted by Gasteiger charge is -2.17. The Kier molecular flexibility index (Phi) is 8.80. The Balaban J connectivity index is 0.962. The molecule has 2 aromatic heterocycles. The molecule has 254 valence electrons. The molecule has 4 fully saturated rings. The number of halogens is 2. The zero-order chi connectivity index (χ0) is 33.2. The lowest BCUT2D eigenvalue weighted by Crippen LogP contribution is -2.35. The summed E-state index contributed by atoms with van der Waals surface area (Å²) in [6, 6.07) is 8.97. The highest BCUT2D eigenvalue weighted by Crippen LogP contribution is 2.48. The van der Waals surface area contributed by atoms with Crippen molar-refractivity contribution in [3.63, 3.8) is 0 Å². The van der Waals surface area contributed by atoms with E-state index in [1.165, 1.54) is 23.3 Å². The lowest BCUT2D eigenvalue weighted by atomic mass is 10.0. The molecule has 0 radical (unpaired) electrons. The molecule has 2 saturated heterocycles. The van der Waals surface area contributed by atoms with Crippen molar-refractivity contribution in [2.45, 2.75) is 94.2 Å². The van der Waals surface area contributed by atoms with E-state index in [0.717, 1.165) is 41.7 Å². The minimum Gasteiger partial charge on any atom is -0.489 e. The van der Waals surface area contributed by atoms with Gasteiger partial charge in [0.05, 0.1) is 40.7 Å². The quantitative estimate of drug-likeness (QED) is 0.144. The van der Waals surface area contributed by atoms with Gasteiger partial charge in [-0.1, -0.05) is 45.8 Å². The molecular weight excluding hydrogens is 697 g/mol. The van der Waals surface area contributed by atoms with E-state index in [9.17, 15) is 4.79 Å². The maximum absolute atomic E-state index is 13.0. The number of nitrogens with one attached hydrogen (secondary N) is 1. The summed E-state index contributed by atoms with van der Waals surface area (Å²) < 4.78 is 41.0. The number of hydrogen-bond acceptors (Lipinski definition) is 11. The molecule has 8 rings (SSSR count). The molecule has 14 heteroatoms. The van der Waals surface area contributed by atoms with Crippen molar-refractivity contribution in [3.05, 3.63) is 57.3 Å². The van der Waals surface area contributed by atoms with Gasteiger partial charge in [-0.05, 0) is 82.7 Å². The Morgan fingerprint density at radius 3 is 2.56 bits per heavy atom. The summed E-state index contributed by atoms with van der Waals surface area (Å²) in [5.74, 6) is 1.52. The molecule has 0 spiro atoms. The molecule has 4 atom stereocenters. The molecule has 2 aromatic carbocycles. The highest BCUT2D eigenvalue weighted by molar-refractivity contribution is 7.99. The Bertz CT molecular complexity index is 1840. The summed E-state index contributed by atoms with van der Waals surface area (Å²) in [5.41, 5.74) is 3.26. The maximum Gasteiger partial charge on any atom is 0.274 e. The van der Waals surface area contributed by atoms with Crippen LogP contribution in [0.25, 0.3) is 21.5 Å². The number of ether oxygens (including phenoxy) is 5. The molecule has 10 nitrogen and oxygen atoms in total. The number of rotatable bonds is 12. The third kappa shape index (κ3) is 6.53. The van der Waals surface area contributed by atoms with E-state index in [0.29, 0.717) is 62.5 Å². The number of carbonyl (C=O) groups excluding carboxylic acids is 1. The summed E-state index contributed by atoms with van der Waals surface area (Å²) in [4.78, 5) is 17.8. The fraction of sp³-hybridized carbons (Fsp3) is 0.500. The number of benzene rings is 2. The van der Waals surface area contributed by atoms with E-state index in [2.05, 4.69) is 16.8 Å². The topological polar surface area (TPSA) is 114 Å². The zero-order valence-electron chi connectivity index (χ0n) is 26.6. The van der Waals surface area contributed by atoms with Crippen molar-refractivity contribution in [1.82, 2.24) is 14.9 Å². The Labute approximate surface area is 296 Å². The minimum absolute atomic E-state index is 0.0962. The van der Waals surface area contributed by atoms with Gasteiger partial charge in [0.2, 0.25) is 0 Å². The zero-order valence-corrected chi connectivity index (χ0v) is 29.8. The van der Waals surface area contributed by atoms with Crippen LogP contribution in [0, 0.1) is 0 Å². The Hall–Kier alpha value is -2.58. The number of carbonyl (C=O) groups is 1. The number of hydrogen-bond donors (Lipinski definition) is 1. The summed E-state index contributed by atoms with van der Waals surface area (Å²) in [6.07, 6.45) is 2.83. The van der Waals surface area contributed by atoms with Crippen LogP contribution in [0.3, 0.4) is 0 Å². The van der Waals surface area contributed by atoms with E-state index in [-0.39, 0.29) is 47.8 Å². The van der Waals surface area contributed by atoms with Crippen molar-refractivity contribution >= 4 is 62.6 Å². The van der Waals surface area contributed by atoms with Crippen LogP contribution in [0.2, 0.25) is 10.0 Å². The summed E-state index contributed by atoms with van der Waals surface area (Å²) in [7, 11) is 0. The number of amides is 1. The van der Waals surface area contributed by atoms with Crippen LogP contribution >= 0.6 is 46.5 Å². The standard InChI is InChI=1S/C34H35Cl2N3O7S2/c1-16(2)44-22-11-18(32(40)39-48-34(3)9-10-34)12-25-28(22)37-33(47-25)45-24-15-43-30-23(14-42-31(24)30)41-13-19-27(38-46-29(19)17-7-8-17)26-20(35)5-4-6-21(26)36/h4-6,11-12,16-17,23-24,30-31H,7-10,13-15H2,1-3H3,(H,39,40)/t23-,24-,30-,31-/m1/s1. The number of aromatic nitrogens is 2. The molecule has 2 saturated carbocycles. The second-order valence-corrected chi connectivity index (χ2v) is 16.5. The van der Waals surface area contributed by atoms with E-state index in [1.54, 1.807) is 24.3 Å². The predicted molar refractivity (Wildman–Crippen MR) is 184 cm³/mol. The second kappa shape index (κ2) is 12.9. The summed E-state index contributed by atoms with van der Waals surface area (Å²) in [6.45, 7) is 6.97. The average Bonchev–Trinajstić information content (AvgIpc) is 3.80. The van der Waals surface area contributed by atoms with Gasteiger partial charge in [0.1, 0.15) is 41.0 Å². The highest BCUT2D eigenvalue weighted by Gasteiger charge is 2.50. The van der Waals surface area contributed by atoms with Gasteiger partial charge in [-0.15, -0.1) is 0 Å². The predicted octanol–water partition coefficient (Wildman–Crippen LogP) is 7.98. The highest BCUT2D eigenvalue weighted by atomic mass is 35.5. The van der Waals surface area contributed by atoms with Crippen LogP contribution < -0.4 is 14.2 Å².